The molecule has 29 heavy (non-hydrogen) atoms. The molecule has 1 atom stereocenters. The van der Waals surface area contributed by atoms with Gasteiger partial charge in [0, 0.05) is 25.7 Å². The number of rotatable bonds is 6. The van der Waals surface area contributed by atoms with E-state index < -0.39 is 0 Å². The maximum atomic E-state index is 12.7. The molecule has 0 spiro atoms. The highest BCUT2D eigenvalue weighted by Gasteiger charge is 2.25. The Morgan fingerprint density at radius 2 is 2.03 bits per heavy atom. The van der Waals surface area contributed by atoms with Crippen LogP contribution in [0, 0.1) is 0 Å². The molecule has 0 aliphatic carbocycles. The van der Waals surface area contributed by atoms with Gasteiger partial charge in [0.05, 0.1) is 7.11 Å². The second-order valence-electron chi connectivity index (χ2n) is 7.10. The summed E-state index contributed by atoms with van der Waals surface area (Å²) in [4.78, 5) is 18.8. The average Bonchev–Trinajstić information content (AvgIpc) is 3.25. The first-order valence-corrected chi connectivity index (χ1v) is 9.84. The van der Waals surface area contributed by atoms with Crippen molar-refractivity contribution in [3.8, 4) is 11.5 Å². The monoisotopic (exact) mass is 395 g/mol. The SMILES string of the molecule is CC[C@@H]1CN(C(=O)c2coc(COc3ccc4ccc(OC)cc4c3)n2)CCN1. The van der Waals surface area contributed by atoms with Gasteiger partial charge in [-0.25, -0.2) is 4.98 Å². The van der Waals surface area contributed by atoms with Gasteiger partial charge in [-0.1, -0.05) is 19.1 Å². The molecule has 2 aromatic carbocycles. The van der Waals surface area contributed by atoms with Crippen LogP contribution >= 0.6 is 0 Å². The zero-order chi connectivity index (χ0) is 20.2. The van der Waals surface area contributed by atoms with E-state index in [-0.39, 0.29) is 12.5 Å². The number of benzene rings is 2. The summed E-state index contributed by atoms with van der Waals surface area (Å²) in [6.45, 7) is 4.43. The Balaban J connectivity index is 1.40. The van der Waals surface area contributed by atoms with Crippen molar-refractivity contribution in [1.82, 2.24) is 15.2 Å². The standard InChI is InChI=1S/C22H25N3O4/c1-3-17-12-25(9-8-23-17)22(26)20-13-29-21(24-20)14-28-19-7-5-15-4-6-18(27-2)10-16(15)11-19/h4-7,10-11,13,17,23H,3,8-9,12,14H2,1-2H3/t17-/m1/s1. The molecule has 1 aromatic heterocycles. The lowest BCUT2D eigenvalue weighted by molar-refractivity contribution is 0.0695. The molecule has 1 amide bonds. The van der Waals surface area contributed by atoms with E-state index in [1.54, 1.807) is 7.11 Å². The maximum Gasteiger partial charge on any atom is 0.275 e. The lowest BCUT2D eigenvalue weighted by Gasteiger charge is -2.32. The number of carbonyl (C=O) groups is 1. The van der Waals surface area contributed by atoms with Crippen LogP contribution in [0.15, 0.2) is 47.1 Å². The summed E-state index contributed by atoms with van der Waals surface area (Å²) in [6, 6.07) is 12.0. The third kappa shape index (κ3) is 4.35. The van der Waals surface area contributed by atoms with Crippen LogP contribution in [0.4, 0.5) is 0 Å². The van der Waals surface area contributed by atoms with Crippen molar-refractivity contribution in [2.75, 3.05) is 26.7 Å². The molecule has 7 nitrogen and oxygen atoms in total. The van der Waals surface area contributed by atoms with Crippen molar-refractivity contribution in [2.45, 2.75) is 26.0 Å². The number of ether oxygens (including phenoxy) is 2. The van der Waals surface area contributed by atoms with Gasteiger partial charge in [-0.05, 0) is 41.5 Å². The van der Waals surface area contributed by atoms with E-state index in [0.29, 0.717) is 36.5 Å². The van der Waals surface area contributed by atoms with E-state index >= 15 is 0 Å². The molecule has 152 valence electrons. The number of hydrogen-bond donors (Lipinski definition) is 1. The molecule has 1 aliphatic heterocycles. The minimum atomic E-state index is -0.0993. The number of carbonyl (C=O) groups excluding carboxylic acids is 1. The number of hydrogen-bond acceptors (Lipinski definition) is 6. The van der Waals surface area contributed by atoms with Crippen molar-refractivity contribution >= 4 is 16.7 Å². The van der Waals surface area contributed by atoms with E-state index in [4.69, 9.17) is 13.9 Å². The highest BCUT2D eigenvalue weighted by atomic mass is 16.5. The summed E-state index contributed by atoms with van der Waals surface area (Å²) in [6.07, 6.45) is 2.40. The van der Waals surface area contributed by atoms with Crippen molar-refractivity contribution in [3.05, 3.63) is 54.2 Å². The van der Waals surface area contributed by atoms with Gasteiger partial charge in [0.2, 0.25) is 5.89 Å². The zero-order valence-electron chi connectivity index (χ0n) is 16.7. The van der Waals surface area contributed by atoms with Crippen molar-refractivity contribution in [2.24, 2.45) is 0 Å². The molecule has 2 heterocycles. The van der Waals surface area contributed by atoms with Crippen LogP contribution in [0.3, 0.4) is 0 Å². The topological polar surface area (TPSA) is 76.8 Å². The van der Waals surface area contributed by atoms with Crippen LogP contribution in [-0.4, -0.2) is 48.6 Å². The van der Waals surface area contributed by atoms with Gasteiger partial charge < -0.3 is 24.1 Å². The number of piperazine rings is 1. The summed E-state index contributed by atoms with van der Waals surface area (Å²) in [7, 11) is 1.64. The normalized spacial score (nSPS) is 16.8. The second kappa shape index (κ2) is 8.53. The summed E-state index contributed by atoms with van der Waals surface area (Å²) >= 11 is 0. The highest BCUT2D eigenvalue weighted by Crippen LogP contribution is 2.25. The molecule has 7 heteroatoms. The van der Waals surface area contributed by atoms with E-state index in [1.165, 1.54) is 6.26 Å². The molecule has 0 saturated carbocycles. The molecule has 1 aliphatic rings. The van der Waals surface area contributed by atoms with Gasteiger partial charge in [-0.3, -0.25) is 4.79 Å². The van der Waals surface area contributed by atoms with Gasteiger partial charge in [0.15, 0.2) is 12.3 Å². The van der Waals surface area contributed by atoms with Crippen LogP contribution in [0.5, 0.6) is 11.5 Å². The lowest BCUT2D eigenvalue weighted by atomic mass is 10.1. The number of aromatic nitrogens is 1. The first-order valence-electron chi connectivity index (χ1n) is 9.84. The Morgan fingerprint density at radius 1 is 1.24 bits per heavy atom. The molecule has 1 saturated heterocycles. The number of methoxy groups -OCH3 is 1. The predicted molar refractivity (Wildman–Crippen MR) is 109 cm³/mol. The Morgan fingerprint density at radius 3 is 2.83 bits per heavy atom. The van der Waals surface area contributed by atoms with Crippen molar-refractivity contribution in [1.29, 1.82) is 0 Å². The molecule has 1 fully saturated rings. The van der Waals surface area contributed by atoms with Gasteiger partial charge in [0.25, 0.3) is 5.91 Å². The molecule has 1 N–H and O–H groups in total. The van der Waals surface area contributed by atoms with Crippen LogP contribution < -0.4 is 14.8 Å². The van der Waals surface area contributed by atoms with Crippen LogP contribution in [0.2, 0.25) is 0 Å². The van der Waals surface area contributed by atoms with Crippen LogP contribution in [0.1, 0.15) is 29.7 Å². The molecular weight excluding hydrogens is 370 g/mol. The fourth-order valence-corrected chi connectivity index (χ4v) is 3.49. The minimum Gasteiger partial charge on any atom is -0.497 e. The lowest BCUT2D eigenvalue weighted by Crippen LogP contribution is -2.52. The van der Waals surface area contributed by atoms with Gasteiger partial charge in [0.1, 0.15) is 17.8 Å². The maximum absolute atomic E-state index is 12.7. The van der Waals surface area contributed by atoms with Gasteiger partial charge in [-0.15, -0.1) is 0 Å². The molecule has 0 unspecified atom stereocenters. The number of fused-ring (bicyclic) bond motifs is 1. The number of nitrogens with zero attached hydrogens (tertiary/aromatic N) is 2. The fourth-order valence-electron chi connectivity index (χ4n) is 3.49. The van der Waals surface area contributed by atoms with E-state index in [9.17, 15) is 4.79 Å². The highest BCUT2D eigenvalue weighted by molar-refractivity contribution is 5.92. The quantitative estimate of drug-likeness (QED) is 0.691. The van der Waals surface area contributed by atoms with Crippen molar-refractivity contribution < 1.29 is 18.7 Å². The smallest absolute Gasteiger partial charge is 0.275 e. The Labute approximate surface area is 169 Å². The van der Waals surface area contributed by atoms with Crippen molar-refractivity contribution in [3.63, 3.8) is 0 Å². The van der Waals surface area contributed by atoms with Gasteiger partial charge >= 0.3 is 0 Å². The largest absolute Gasteiger partial charge is 0.497 e. The Kier molecular flexibility index (Phi) is 5.67. The zero-order valence-corrected chi connectivity index (χ0v) is 16.7. The van der Waals surface area contributed by atoms with E-state index in [2.05, 4.69) is 17.2 Å². The summed E-state index contributed by atoms with van der Waals surface area (Å²) < 4.78 is 16.5. The third-order valence-corrected chi connectivity index (χ3v) is 5.19. The van der Waals surface area contributed by atoms with Gasteiger partial charge in [-0.2, -0.15) is 0 Å². The summed E-state index contributed by atoms with van der Waals surface area (Å²) in [5.41, 5.74) is 0.323. The first kappa shape index (κ1) is 19.3. The molecule has 0 radical (unpaired) electrons. The molecule has 3 aromatic rings. The summed E-state index contributed by atoms with van der Waals surface area (Å²) in [5, 5.41) is 5.53. The number of amides is 1. The number of nitrogens with one attached hydrogen (secondary N) is 1. The second-order valence-corrected chi connectivity index (χ2v) is 7.10. The third-order valence-electron chi connectivity index (χ3n) is 5.19. The van der Waals surface area contributed by atoms with E-state index in [0.717, 1.165) is 29.5 Å². The molecule has 0 bridgehead atoms. The van der Waals surface area contributed by atoms with Crippen LogP contribution in [0.25, 0.3) is 10.8 Å². The molecular formula is C22H25N3O4. The minimum absolute atomic E-state index is 0.0993. The fraction of sp³-hybridized carbons (Fsp3) is 0.364. The molecule has 4 rings (SSSR count). The predicted octanol–water partition coefficient (Wildman–Crippen LogP) is 3.24. The van der Waals surface area contributed by atoms with Crippen LogP contribution in [-0.2, 0) is 6.61 Å². The average molecular weight is 395 g/mol. The van der Waals surface area contributed by atoms with E-state index in [1.807, 2.05) is 41.3 Å². The summed E-state index contributed by atoms with van der Waals surface area (Å²) in [5.74, 6) is 1.77. The Bertz CT molecular complexity index is 1000. The Hall–Kier alpha value is -3.06. The number of oxazole rings is 1. The first-order chi connectivity index (χ1) is 14.2.